The van der Waals surface area contributed by atoms with Crippen molar-refractivity contribution in [2.45, 2.75) is 19.9 Å². The minimum atomic E-state index is -0.0815. The van der Waals surface area contributed by atoms with Gasteiger partial charge >= 0.3 is 0 Å². The number of anilines is 1. The molecular formula is C18H21ClN2O2. The number of rotatable bonds is 7. The van der Waals surface area contributed by atoms with Gasteiger partial charge in [-0.2, -0.15) is 0 Å². The van der Waals surface area contributed by atoms with Crippen molar-refractivity contribution in [1.82, 2.24) is 5.32 Å². The average molecular weight is 333 g/mol. The summed E-state index contributed by atoms with van der Waals surface area (Å²) in [5.41, 5.74) is 3.03. The summed E-state index contributed by atoms with van der Waals surface area (Å²) in [4.78, 5) is 12.0. The number of methoxy groups -OCH3 is 1. The van der Waals surface area contributed by atoms with Crippen molar-refractivity contribution in [3.63, 3.8) is 0 Å². The maximum atomic E-state index is 12.0. The van der Waals surface area contributed by atoms with Crippen molar-refractivity contribution in [2.75, 3.05) is 19.0 Å². The molecule has 4 nitrogen and oxygen atoms in total. The molecule has 0 bridgehead atoms. The zero-order valence-electron chi connectivity index (χ0n) is 13.4. The van der Waals surface area contributed by atoms with Crippen molar-refractivity contribution in [3.8, 4) is 5.75 Å². The molecule has 2 N–H and O–H groups in total. The standard InChI is InChI=1S/C18H21ClN2O2/c1-13-3-5-14(6-4-13)12-20-10-9-18(22)21-16-11-15(19)7-8-17(16)23-2/h3-8,11,20H,9-10,12H2,1-2H3,(H,21,22). The van der Waals surface area contributed by atoms with E-state index in [-0.39, 0.29) is 5.91 Å². The van der Waals surface area contributed by atoms with Gasteiger partial charge in [-0.05, 0) is 30.7 Å². The van der Waals surface area contributed by atoms with Gasteiger partial charge in [0.05, 0.1) is 12.8 Å². The van der Waals surface area contributed by atoms with Gasteiger partial charge in [-0.25, -0.2) is 0 Å². The lowest BCUT2D eigenvalue weighted by Crippen LogP contribution is -2.21. The monoisotopic (exact) mass is 332 g/mol. The first-order chi connectivity index (χ1) is 11.1. The maximum absolute atomic E-state index is 12.0. The van der Waals surface area contributed by atoms with Gasteiger partial charge in [0.1, 0.15) is 5.75 Å². The Labute approximate surface area is 141 Å². The number of carbonyl (C=O) groups is 1. The molecule has 0 aliphatic heterocycles. The molecule has 23 heavy (non-hydrogen) atoms. The van der Waals surface area contributed by atoms with Crippen LogP contribution in [-0.2, 0) is 11.3 Å². The largest absolute Gasteiger partial charge is 0.495 e. The lowest BCUT2D eigenvalue weighted by atomic mass is 10.1. The van der Waals surface area contributed by atoms with Gasteiger partial charge in [0.25, 0.3) is 0 Å². The van der Waals surface area contributed by atoms with Gasteiger partial charge in [0.15, 0.2) is 0 Å². The summed E-state index contributed by atoms with van der Waals surface area (Å²) in [6, 6.07) is 13.5. The van der Waals surface area contributed by atoms with Crippen molar-refractivity contribution in [2.24, 2.45) is 0 Å². The second-order valence-corrected chi connectivity index (χ2v) is 5.74. The van der Waals surface area contributed by atoms with E-state index < -0.39 is 0 Å². The molecule has 1 amide bonds. The first-order valence-corrected chi connectivity index (χ1v) is 7.86. The highest BCUT2D eigenvalue weighted by atomic mass is 35.5. The number of hydrogen-bond acceptors (Lipinski definition) is 3. The van der Waals surface area contributed by atoms with E-state index in [1.54, 1.807) is 25.3 Å². The van der Waals surface area contributed by atoms with Gasteiger partial charge in [0.2, 0.25) is 5.91 Å². The SMILES string of the molecule is COc1ccc(Cl)cc1NC(=O)CCNCc1ccc(C)cc1. The topological polar surface area (TPSA) is 50.4 Å². The lowest BCUT2D eigenvalue weighted by molar-refractivity contribution is -0.116. The third-order valence-electron chi connectivity index (χ3n) is 3.41. The Morgan fingerprint density at radius 1 is 1.17 bits per heavy atom. The fourth-order valence-corrected chi connectivity index (χ4v) is 2.30. The van der Waals surface area contributed by atoms with Crippen molar-refractivity contribution >= 4 is 23.2 Å². The van der Waals surface area contributed by atoms with Crippen LogP contribution in [-0.4, -0.2) is 19.6 Å². The van der Waals surface area contributed by atoms with Crippen LogP contribution < -0.4 is 15.4 Å². The number of ether oxygens (including phenoxy) is 1. The number of nitrogens with one attached hydrogen (secondary N) is 2. The molecule has 0 aliphatic carbocycles. The third kappa shape index (κ3) is 5.58. The Hall–Kier alpha value is -2.04. The van der Waals surface area contributed by atoms with E-state index in [4.69, 9.17) is 16.3 Å². The zero-order valence-corrected chi connectivity index (χ0v) is 14.1. The number of hydrogen-bond donors (Lipinski definition) is 2. The molecule has 0 spiro atoms. The van der Waals surface area contributed by atoms with Crippen molar-refractivity contribution in [1.29, 1.82) is 0 Å². The average Bonchev–Trinajstić information content (AvgIpc) is 2.53. The summed E-state index contributed by atoms with van der Waals surface area (Å²) in [6.45, 7) is 3.41. The Morgan fingerprint density at radius 2 is 1.91 bits per heavy atom. The molecule has 2 aromatic carbocycles. The normalized spacial score (nSPS) is 10.4. The smallest absolute Gasteiger partial charge is 0.225 e. The summed E-state index contributed by atoms with van der Waals surface area (Å²) < 4.78 is 5.21. The predicted octanol–water partition coefficient (Wildman–Crippen LogP) is 3.78. The summed E-state index contributed by atoms with van der Waals surface area (Å²) >= 11 is 5.94. The highest BCUT2D eigenvalue weighted by Crippen LogP contribution is 2.27. The van der Waals surface area contributed by atoms with Gasteiger partial charge < -0.3 is 15.4 Å². The van der Waals surface area contributed by atoms with E-state index >= 15 is 0 Å². The molecule has 0 atom stereocenters. The molecule has 0 fully saturated rings. The molecule has 2 aromatic rings. The molecule has 0 unspecified atom stereocenters. The van der Waals surface area contributed by atoms with E-state index in [2.05, 4.69) is 41.8 Å². The van der Waals surface area contributed by atoms with Gasteiger partial charge in [-0.3, -0.25) is 4.79 Å². The first-order valence-electron chi connectivity index (χ1n) is 7.48. The Bertz CT molecular complexity index is 657. The molecule has 0 heterocycles. The Kier molecular flexibility index (Phi) is 6.44. The number of carbonyl (C=O) groups excluding carboxylic acids is 1. The molecule has 0 radical (unpaired) electrons. The van der Waals surface area contributed by atoms with Crippen LogP contribution in [0.3, 0.4) is 0 Å². The van der Waals surface area contributed by atoms with Crippen LogP contribution in [0.25, 0.3) is 0 Å². The van der Waals surface area contributed by atoms with Crippen LogP contribution in [0.15, 0.2) is 42.5 Å². The van der Waals surface area contributed by atoms with Gasteiger partial charge in [-0.15, -0.1) is 0 Å². The number of aryl methyl sites for hydroxylation is 1. The number of benzene rings is 2. The predicted molar refractivity (Wildman–Crippen MR) is 94.1 cm³/mol. The van der Waals surface area contributed by atoms with E-state index in [1.165, 1.54) is 11.1 Å². The summed E-state index contributed by atoms with van der Waals surface area (Å²) in [6.07, 6.45) is 0.377. The fraction of sp³-hybridized carbons (Fsp3) is 0.278. The molecule has 122 valence electrons. The van der Waals surface area contributed by atoms with E-state index in [1.807, 2.05) is 0 Å². The lowest BCUT2D eigenvalue weighted by Gasteiger charge is -2.11. The number of halogens is 1. The summed E-state index contributed by atoms with van der Waals surface area (Å²) in [7, 11) is 1.56. The van der Waals surface area contributed by atoms with E-state index in [0.29, 0.717) is 29.4 Å². The zero-order chi connectivity index (χ0) is 16.7. The number of amides is 1. The van der Waals surface area contributed by atoms with E-state index in [9.17, 15) is 4.79 Å². The van der Waals surface area contributed by atoms with Crippen LogP contribution >= 0.6 is 11.6 Å². The van der Waals surface area contributed by atoms with Gasteiger partial charge in [0, 0.05) is 24.5 Å². The van der Waals surface area contributed by atoms with Gasteiger partial charge in [-0.1, -0.05) is 41.4 Å². The van der Waals surface area contributed by atoms with Crippen molar-refractivity contribution < 1.29 is 9.53 Å². The molecule has 0 aliphatic rings. The fourth-order valence-electron chi connectivity index (χ4n) is 2.13. The van der Waals surface area contributed by atoms with Crippen LogP contribution in [0, 0.1) is 6.92 Å². The minimum absolute atomic E-state index is 0.0815. The molecule has 0 saturated carbocycles. The van der Waals surface area contributed by atoms with Crippen LogP contribution in [0.2, 0.25) is 5.02 Å². The molecule has 0 aromatic heterocycles. The Morgan fingerprint density at radius 3 is 2.61 bits per heavy atom. The molecule has 5 heteroatoms. The van der Waals surface area contributed by atoms with Crippen LogP contribution in [0.5, 0.6) is 5.75 Å². The Balaban J connectivity index is 1.77. The van der Waals surface area contributed by atoms with E-state index in [0.717, 1.165) is 6.54 Å². The summed E-state index contributed by atoms with van der Waals surface area (Å²) in [5.74, 6) is 0.511. The van der Waals surface area contributed by atoms with Crippen LogP contribution in [0.1, 0.15) is 17.5 Å². The third-order valence-corrected chi connectivity index (χ3v) is 3.65. The highest BCUT2D eigenvalue weighted by molar-refractivity contribution is 6.31. The first kappa shape index (κ1) is 17.3. The maximum Gasteiger partial charge on any atom is 0.225 e. The molecule has 0 saturated heterocycles. The molecule has 2 rings (SSSR count). The summed E-state index contributed by atoms with van der Waals surface area (Å²) in [5, 5.41) is 6.63. The van der Waals surface area contributed by atoms with Crippen molar-refractivity contribution in [3.05, 3.63) is 58.6 Å². The minimum Gasteiger partial charge on any atom is -0.495 e. The van der Waals surface area contributed by atoms with Crippen LogP contribution in [0.4, 0.5) is 5.69 Å². The molecular weight excluding hydrogens is 312 g/mol. The highest BCUT2D eigenvalue weighted by Gasteiger charge is 2.08. The second-order valence-electron chi connectivity index (χ2n) is 5.31. The quantitative estimate of drug-likeness (QED) is 0.759. The second kappa shape index (κ2) is 8.56.